The van der Waals surface area contributed by atoms with Gasteiger partial charge in [0.2, 0.25) is 0 Å². The largest absolute Gasteiger partial charge is 0.240 e. The first-order chi connectivity index (χ1) is 20.8. The van der Waals surface area contributed by atoms with Crippen LogP contribution in [0.3, 0.4) is 0 Å². The summed E-state index contributed by atoms with van der Waals surface area (Å²) in [6.45, 7) is 6.19. The summed E-state index contributed by atoms with van der Waals surface area (Å²) in [4.78, 5) is 19.4. The van der Waals surface area contributed by atoms with Gasteiger partial charge in [-0.05, 0) is 62.2 Å². The number of unbranched alkanes of at least 4 members (excludes halogenated alkanes) is 18. The maximum Gasteiger partial charge on any atom is 0.0822 e. The molecule has 0 amide bonds. The molecule has 0 aliphatic heterocycles. The van der Waals surface area contributed by atoms with E-state index in [0.717, 1.165) is 49.7 Å². The molecule has 0 aromatic carbocycles. The fourth-order valence-electron chi connectivity index (χ4n) is 7.85. The third kappa shape index (κ3) is 21.5. The third-order valence-electron chi connectivity index (χ3n) is 10.3. The lowest BCUT2D eigenvalue weighted by atomic mass is 9.61. The van der Waals surface area contributed by atoms with Gasteiger partial charge in [-0.15, -0.1) is 0 Å². The first-order valence-corrected chi connectivity index (χ1v) is 19.1. The summed E-state index contributed by atoms with van der Waals surface area (Å²) in [6.07, 6.45) is 39.5. The van der Waals surface area contributed by atoms with Crippen molar-refractivity contribution in [3.8, 4) is 0 Å². The maximum atomic E-state index is 5.02. The van der Waals surface area contributed by atoms with Crippen LogP contribution < -0.4 is 0 Å². The van der Waals surface area contributed by atoms with Crippen LogP contribution in [0.4, 0.5) is 0 Å². The Morgan fingerprint density at radius 3 is 1.05 bits per heavy atom. The summed E-state index contributed by atoms with van der Waals surface area (Å²) in [6, 6.07) is 0. The second kappa shape index (κ2) is 30.8. The summed E-state index contributed by atoms with van der Waals surface area (Å²) in [5.74, 6) is 4.03. The van der Waals surface area contributed by atoms with Crippen molar-refractivity contribution in [1.29, 1.82) is 0 Å². The van der Waals surface area contributed by atoms with Gasteiger partial charge in [0.1, 0.15) is 0 Å². The summed E-state index contributed by atoms with van der Waals surface area (Å²) < 4.78 is 0. The predicted octanol–water partition coefficient (Wildman–Crippen LogP) is 12.6. The minimum Gasteiger partial charge on any atom is -0.240 e. The van der Waals surface area contributed by atoms with Crippen LogP contribution in [0.15, 0.2) is 0 Å². The van der Waals surface area contributed by atoms with Gasteiger partial charge in [-0.25, -0.2) is 19.6 Å². The fraction of sp³-hybridized carbons (Fsp3) is 1.00. The van der Waals surface area contributed by atoms with E-state index in [1.807, 2.05) is 0 Å². The van der Waals surface area contributed by atoms with Gasteiger partial charge >= 0.3 is 0 Å². The van der Waals surface area contributed by atoms with Crippen molar-refractivity contribution in [3.05, 3.63) is 0 Å². The topological polar surface area (TPSA) is 36.9 Å². The average molecular weight is 597 g/mol. The molecule has 0 heterocycles. The molecule has 0 saturated heterocycles. The molecule has 252 valence electrons. The second-order valence-electron chi connectivity index (χ2n) is 13.6. The molecule has 42 heavy (non-hydrogen) atoms. The number of hydrogen-bond donors (Lipinski definition) is 0. The van der Waals surface area contributed by atoms with Crippen LogP contribution in [0.1, 0.15) is 194 Å². The monoisotopic (exact) mass is 597 g/mol. The smallest absolute Gasteiger partial charge is 0.0822 e. The van der Waals surface area contributed by atoms with E-state index in [-0.39, 0.29) is 0 Å². The third-order valence-corrected chi connectivity index (χ3v) is 10.3. The molecule has 4 nitrogen and oxygen atoms in total. The van der Waals surface area contributed by atoms with Crippen molar-refractivity contribution in [1.82, 2.24) is 0 Å². The molecule has 1 saturated carbocycles. The quantitative estimate of drug-likeness (QED) is 0.0440. The minimum atomic E-state index is 0.739. The molecule has 0 bridgehead atoms. The van der Waals surface area contributed by atoms with E-state index in [4.69, 9.17) is 19.6 Å². The van der Waals surface area contributed by atoms with Gasteiger partial charge in [0, 0.05) is 0 Å². The van der Waals surface area contributed by atoms with Crippen molar-refractivity contribution >= 4 is 0 Å². The molecule has 4 atom stereocenters. The van der Waals surface area contributed by atoms with Crippen LogP contribution in [0.2, 0.25) is 0 Å². The van der Waals surface area contributed by atoms with Crippen LogP contribution >= 0.6 is 0 Å². The van der Waals surface area contributed by atoms with Gasteiger partial charge in [-0.3, -0.25) is 0 Å². The molecule has 0 radical (unpaired) electrons. The van der Waals surface area contributed by atoms with Gasteiger partial charge < -0.3 is 0 Å². The Morgan fingerprint density at radius 1 is 0.381 bits per heavy atom. The molecule has 0 aromatic heterocycles. The summed E-state index contributed by atoms with van der Waals surface area (Å²) >= 11 is 0. The highest BCUT2D eigenvalue weighted by Crippen LogP contribution is 2.47. The summed E-state index contributed by atoms with van der Waals surface area (Å²) in [5, 5.41) is 0. The molecule has 0 aromatic rings. The van der Waals surface area contributed by atoms with Crippen molar-refractivity contribution in [3.63, 3.8) is 0 Å². The SMILES string of the molecule is CCCCCCC1CC[C@@H](CCCCCCCCOOC)C(CCCCCCCCCCOOC)C1CCCCCC. The Hall–Kier alpha value is -0.160. The van der Waals surface area contributed by atoms with Crippen LogP contribution in [0.5, 0.6) is 0 Å². The van der Waals surface area contributed by atoms with Crippen molar-refractivity contribution in [2.75, 3.05) is 27.4 Å². The Kier molecular flexibility index (Phi) is 29.3. The molecule has 1 aliphatic carbocycles. The van der Waals surface area contributed by atoms with Crippen LogP contribution in [-0.2, 0) is 19.6 Å². The molecule has 4 heteroatoms. The first kappa shape index (κ1) is 39.9. The van der Waals surface area contributed by atoms with Crippen LogP contribution in [-0.4, -0.2) is 27.4 Å². The van der Waals surface area contributed by atoms with Gasteiger partial charge in [0.25, 0.3) is 0 Å². The highest BCUT2D eigenvalue weighted by Gasteiger charge is 2.37. The number of rotatable bonds is 32. The fourth-order valence-corrected chi connectivity index (χ4v) is 7.85. The molecule has 0 N–H and O–H groups in total. The van der Waals surface area contributed by atoms with Gasteiger partial charge in [-0.2, -0.15) is 0 Å². The molecule has 1 fully saturated rings. The van der Waals surface area contributed by atoms with Gasteiger partial charge in [0.05, 0.1) is 27.4 Å². The highest BCUT2D eigenvalue weighted by atomic mass is 17.2. The Balaban J connectivity index is 2.58. The molecule has 1 rings (SSSR count). The Bertz CT molecular complexity index is 527. The van der Waals surface area contributed by atoms with E-state index < -0.39 is 0 Å². The second-order valence-corrected chi connectivity index (χ2v) is 13.6. The first-order valence-electron chi connectivity index (χ1n) is 19.1. The average Bonchev–Trinajstić information content (AvgIpc) is 3.00. The lowest BCUT2D eigenvalue weighted by molar-refractivity contribution is -0.272. The zero-order chi connectivity index (χ0) is 30.4. The molecular weight excluding hydrogens is 520 g/mol. The maximum absolute atomic E-state index is 5.02. The van der Waals surface area contributed by atoms with Crippen LogP contribution in [0, 0.1) is 23.7 Å². The van der Waals surface area contributed by atoms with Crippen molar-refractivity contribution in [2.45, 2.75) is 194 Å². The molecule has 3 unspecified atom stereocenters. The molecule has 0 spiro atoms. The zero-order valence-electron chi connectivity index (χ0n) is 29.2. The minimum absolute atomic E-state index is 0.739. The van der Waals surface area contributed by atoms with E-state index in [1.54, 1.807) is 14.2 Å². The van der Waals surface area contributed by atoms with E-state index >= 15 is 0 Å². The van der Waals surface area contributed by atoms with Crippen molar-refractivity contribution in [2.24, 2.45) is 23.7 Å². The predicted molar refractivity (Wildman–Crippen MR) is 181 cm³/mol. The van der Waals surface area contributed by atoms with E-state index in [2.05, 4.69) is 13.8 Å². The lowest BCUT2D eigenvalue weighted by Crippen LogP contribution is -2.35. The van der Waals surface area contributed by atoms with Gasteiger partial charge in [0.15, 0.2) is 0 Å². The van der Waals surface area contributed by atoms with Crippen LogP contribution in [0.25, 0.3) is 0 Å². The summed E-state index contributed by atoms with van der Waals surface area (Å²) in [5.41, 5.74) is 0. The van der Waals surface area contributed by atoms with E-state index in [0.29, 0.717) is 0 Å². The zero-order valence-corrected chi connectivity index (χ0v) is 29.2. The lowest BCUT2D eigenvalue weighted by Gasteiger charge is -2.44. The molecular formula is C38H76O4. The summed E-state index contributed by atoms with van der Waals surface area (Å²) in [7, 11) is 3.20. The van der Waals surface area contributed by atoms with E-state index in [9.17, 15) is 0 Å². The Morgan fingerprint density at radius 2 is 0.690 bits per heavy atom. The van der Waals surface area contributed by atoms with Crippen molar-refractivity contribution < 1.29 is 19.6 Å². The van der Waals surface area contributed by atoms with E-state index in [1.165, 1.54) is 167 Å². The normalized spacial score (nSPS) is 20.9. The highest BCUT2D eigenvalue weighted by molar-refractivity contribution is 4.88. The Labute approximate surface area is 264 Å². The van der Waals surface area contributed by atoms with Gasteiger partial charge in [-0.1, -0.05) is 155 Å². The molecule has 1 aliphatic rings. The number of hydrogen-bond acceptors (Lipinski definition) is 4. The standard InChI is InChI=1S/C38H76O4/c1-5-7-9-21-27-35-31-32-36(28-22-17-14-16-20-26-34-42-40-4)38(37(35)29-23-10-8-6-2)30-24-18-13-11-12-15-19-25-33-41-39-3/h35-38H,5-34H2,1-4H3/t35?,36-,37?,38?/m1/s1.